The number of terminal acetylenes is 1. The molecule has 2 unspecified atom stereocenters. The molecule has 0 N–H and O–H groups in total. The minimum Gasteiger partial charge on any atom is -0.481 e. The largest absolute Gasteiger partial charge is 0.481 e. The molecule has 0 spiro atoms. The highest BCUT2D eigenvalue weighted by molar-refractivity contribution is 6.30. The number of carbonyl (C=O) groups is 1. The van der Waals surface area contributed by atoms with Crippen LogP contribution in [0.1, 0.15) is 33.8 Å². The van der Waals surface area contributed by atoms with Crippen LogP contribution in [-0.4, -0.2) is 12.4 Å². The predicted molar refractivity (Wildman–Crippen MR) is 122 cm³/mol. The molecule has 0 aromatic heterocycles. The molecule has 0 heterocycles. The van der Waals surface area contributed by atoms with Crippen LogP contribution in [0, 0.1) is 35.7 Å². The van der Waals surface area contributed by atoms with Crippen LogP contribution in [0.4, 0.5) is 13.2 Å². The third-order valence-electron chi connectivity index (χ3n) is 5.65. The third-order valence-corrected chi connectivity index (χ3v) is 5.91. The molecule has 166 valence electrons. The van der Waals surface area contributed by atoms with E-state index in [-0.39, 0.29) is 6.61 Å². The Hall–Kier alpha value is -3.49. The first-order valence-electron chi connectivity index (χ1n) is 10.2. The molecule has 0 amide bonds. The molecule has 0 saturated heterocycles. The zero-order valence-corrected chi connectivity index (χ0v) is 18.1. The van der Waals surface area contributed by atoms with Gasteiger partial charge in [0.2, 0.25) is 0 Å². The van der Waals surface area contributed by atoms with Gasteiger partial charge in [-0.1, -0.05) is 53.9 Å². The minimum absolute atomic E-state index is 0.0288. The summed E-state index contributed by atoms with van der Waals surface area (Å²) in [6, 6.07) is 15.2. The van der Waals surface area contributed by atoms with Crippen molar-refractivity contribution >= 4 is 23.0 Å². The van der Waals surface area contributed by atoms with Crippen molar-refractivity contribution < 1.29 is 22.7 Å². The molecular formula is C27H18ClF3O2. The summed E-state index contributed by atoms with van der Waals surface area (Å²) in [6.45, 7) is 0.0288. The summed E-state index contributed by atoms with van der Waals surface area (Å²) < 4.78 is 48.0. The number of Topliss-reactive ketones (excluding diaryl/α,β-unsaturated/α-hetero) is 1. The molecule has 2 nitrogen and oxygen atoms in total. The Morgan fingerprint density at radius 1 is 1.06 bits per heavy atom. The Morgan fingerprint density at radius 3 is 2.39 bits per heavy atom. The molecule has 3 aromatic carbocycles. The summed E-state index contributed by atoms with van der Waals surface area (Å²) in [6.07, 6.45) is 7.44. The van der Waals surface area contributed by atoms with Gasteiger partial charge in [0.05, 0.1) is 5.56 Å². The maximum Gasteiger partial charge on any atom is 0.176 e. The Kier molecular flexibility index (Phi) is 6.57. The predicted octanol–water partition coefficient (Wildman–Crippen LogP) is 6.84. The van der Waals surface area contributed by atoms with Crippen molar-refractivity contribution in [1.29, 1.82) is 0 Å². The van der Waals surface area contributed by atoms with Crippen molar-refractivity contribution in [2.75, 3.05) is 6.61 Å². The van der Waals surface area contributed by atoms with Gasteiger partial charge >= 0.3 is 0 Å². The van der Waals surface area contributed by atoms with Gasteiger partial charge < -0.3 is 4.74 Å². The molecule has 4 rings (SSSR count). The summed E-state index contributed by atoms with van der Waals surface area (Å²) >= 11 is 6.00. The average molecular weight is 467 g/mol. The van der Waals surface area contributed by atoms with Crippen LogP contribution in [0.25, 0.3) is 5.57 Å². The molecule has 1 aliphatic rings. The van der Waals surface area contributed by atoms with E-state index in [9.17, 15) is 18.0 Å². The van der Waals surface area contributed by atoms with E-state index in [4.69, 9.17) is 22.8 Å². The second-order valence-electron chi connectivity index (χ2n) is 7.67. The summed E-state index contributed by atoms with van der Waals surface area (Å²) in [4.78, 5) is 13.4. The van der Waals surface area contributed by atoms with E-state index in [0.29, 0.717) is 34.9 Å². The lowest BCUT2D eigenvalue weighted by Gasteiger charge is -2.22. The summed E-state index contributed by atoms with van der Waals surface area (Å²) in [5.74, 6) is -2.81. The SMILES string of the molecule is C#CCOc1ccccc1C1CC(c2ccc(Cl)cc2)=CC1C(=O)c1c(F)cc(F)cc1F. The molecule has 33 heavy (non-hydrogen) atoms. The molecule has 0 saturated carbocycles. The lowest BCUT2D eigenvalue weighted by Crippen LogP contribution is -2.21. The fourth-order valence-electron chi connectivity index (χ4n) is 4.19. The van der Waals surface area contributed by atoms with Gasteiger partial charge in [-0.2, -0.15) is 0 Å². The van der Waals surface area contributed by atoms with E-state index < -0.39 is 40.6 Å². The number of carbonyl (C=O) groups excluding carboxylic acids is 1. The van der Waals surface area contributed by atoms with Gasteiger partial charge in [-0.05, 0) is 41.3 Å². The van der Waals surface area contributed by atoms with Gasteiger partial charge in [0.15, 0.2) is 5.78 Å². The molecule has 0 bridgehead atoms. The zero-order chi connectivity index (χ0) is 23.5. The number of benzene rings is 3. The lowest BCUT2D eigenvalue weighted by atomic mass is 9.82. The number of ketones is 1. The van der Waals surface area contributed by atoms with Crippen LogP contribution in [0.15, 0.2) is 66.7 Å². The molecular weight excluding hydrogens is 449 g/mol. The second-order valence-corrected chi connectivity index (χ2v) is 8.11. The van der Waals surface area contributed by atoms with Crippen molar-refractivity contribution in [3.05, 3.63) is 106 Å². The fourth-order valence-corrected chi connectivity index (χ4v) is 4.31. The van der Waals surface area contributed by atoms with Gasteiger partial charge in [0.25, 0.3) is 0 Å². The van der Waals surface area contributed by atoms with Gasteiger partial charge in [-0.25, -0.2) is 13.2 Å². The molecule has 0 radical (unpaired) electrons. The van der Waals surface area contributed by atoms with Crippen molar-refractivity contribution in [1.82, 2.24) is 0 Å². The first-order chi connectivity index (χ1) is 15.9. The fraction of sp³-hybridized carbons (Fsp3) is 0.148. The van der Waals surface area contributed by atoms with E-state index >= 15 is 0 Å². The van der Waals surface area contributed by atoms with Crippen LogP contribution in [-0.2, 0) is 0 Å². The van der Waals surface area contributed by atoms with E-state index in [1.165, 1.54) is 0 Å². The van der Waals surface area contributed by atoms with Gasteiger partial charge in [0, 0.05) is 29.0 Å². The molecule has 2 atom stereocenters. The third kappa shape index (κ3) is 4.67. The first kappa shape index (κ1) is 22.7. The summed E-state index contributed by atoms with van der Waals surface area (Å²) in [5, 5.41) is 0.560. The molecule has 0 fully saturated rings. The van der Waals surface area contributed by atoms with Crippen molar-refractivity contribution in [3.63, 3.8) is 0 Å². The topological polar surface area (TPSA) is 26.3 Å². The standard InChI is InChI=1S/C27H18ClF3O2/c1-2-11-33-25-6-4-3-5-20(25)21-12-17(16-7-9-18(28)10-8-16)13-22(21)27(32)26-23(30)14-19(29)15-24(26)31/h1,3-10,13-15,21-22H,11-12H2. The summed E-state index contributed by atoms with van der Waals surface area (Å²) in [5.41, 5.74) is 1.59. The molecule has 1 aliphatic carbocycles. The second kappa shape index (κ2) is 9.56. The van der Waals surface area contributed by atoms with E-state index in [1.54, 1.807) is 42.5 Å². The van der Waals surface area contributed by atoms with Gasteiger partial charge in [-0.3, -0.25) is 4.79 Å². The van der Waals surface area contributed by atoms with E-state index in [0.717, 1.165) is 11.1 Å². The van der Waals surface area contributed by atoms with Crippen LogP contribution < -0.4 is 4.74 Å². The maximum absolute atomic E-state index is 14.5. The Balaban J connectivity index is 1.80. The van der Waals surface area contributed by atoms with E-state index in [1.807, 2.05) is 12.1 Å². The highest BCUT2D eigenvalue weighted by atomic mass is 35.5. The number of hydrogen-bond donors (Lipinski definition) is 0. The van der Waals surface area contributed by atoms with Crippen LogP contribution in [0.5, 0.6) is 5.75 Å². The Bertz CT molecular complexity index is 1250. The van der Waals surface area contributed by atoms with Crippen LogP contribution in [0.2, 0.25) is 5.02 Å². The maximum atomic E-state index is 14.5. The molecule has 3 aromatic rings. The van der Waals surface area contributed by atoms with Gasteiger partial charge in [0.1, 0.15) is 29.8 Å². The Labute approximate surface area is 194 Å². The lowest BCUT2D eigenvalue weighted by molar-refractivity contribution is 0.0925. The molecule has 6 heteroatoms. The number of hydrogen-bond acceptors (Lipinski definition) is 2. The van der Waals surface area contributed by atoms with Crippen LogP contribution >= 0.6 is 11.6 Å². The quantitative estimate of drug-likeness (QED) is 0.293. The minimum atomic E-state index is -1.23. The smallest absolute Gasteiger partial charge is 0.176 e. The van der Waals surface area contributed by atoms with Crippen molar-refractivity contribution in [2.45, 2.75) is 12.3 Å². The summed E-state index contributed by atoms with van der Waals surface area (Å²) in [7, 11) is 0. The van der Waals surface area contributed by atoms with Crippen molar-refractivity contribution in [2.24, 2.45) is 5.92 Å². The highest BCUT2D eigenvalue weighted by Gasteiger charge is 2.38. The van der Waals surface area contributed by atoms with Gasteiger partial charge in [-0.15, -0.1) is 6.42 Å². The normalized spacial score (nSPS) is 17.4. The van der Waals surface area contributed by atoms with E-state index in [2.05, 4.69) is 5.92 Å². The Morgan fingerprint density at radius 2 is 1.73 bits per heavy atom. The van der Waals surface area contributed by atoms with Crippen LogP contribution in [0.3, 0.4) is 0 Å². The number of halogens is 4. The highest BCUT2D eigenvalue weighted by Crippen LogP contribution is 2.47. The molecule has 0 aliphatic heterocycles. The first-order valence-corrected chi connectivity index (χ1v) is 10.6. The average Bonchev–Trinajstić information content (AvgIpc) is 3.23. The van der Waals surface area contributed by atoms with Crippen molar-refractivity contribution in [3.8, 4) is 18.1 Å². The number of allylic oxidation sites excluding steroid dienone is 2. The number of para-hydroxylation sites is 1. The number of rotatable bonds is 6. The monoisotopic (exact) mass is 466 g/mol. The zero-order valence-electron chi connectivity index (χ0n) is 17.3. The number of ether oxygens (including phenoxy) is 1.